The van der Waals surface area contributed by atoms with Crippen molar-refractivity contribution in [2.24, 2.45) is 23.3 Å². The Morgan fingerprint density at radius 3 is 1.97 bits per heavy atom. The molecule has 0 aromatic heterocycles. The zero-order valence-corrected chi connectivity index (χ0v) is 20.9. The normalized spacial score (nSPS) is 15.6. The van der Waals surface area contributed by atoms with E-state index in [1.54, 1.807) is 18.7 Å². The summed E-state index contributed by atoms with van der Waals surface area (Å²) in [5.74, 6) is -3.65. The van der Waals surface area contributed by atoms with Crippen molar-refractivity contribution in [3.05, 3.63) is 0 Å². The number of hydrogen-bond donors (Lipinski definition) is 6. The number of aliphatic carboxylic acids is 1. The molecule has 33 heavy (non-hydrogen) atoms. The van der Waals surface area contributed by atoms with Crippen LogP contribution in [0.5, 0.6) is 0 Å². The Morgan fingerprint density at radius 2 is 1.52 bits per heavy atom. The van der Waals surface area contributed by atoms with Crippen LogP contribution in [0.15, 0.2) is 0 Å². The maximum absolute atomic E-state index is 13.1. The third-order valence-corrected chi connectivity index (χ3v) is 5.77. The highest BCUT2D eigenvalue weighted by atomic mass is 32.2. The van der Waals surface area contributed by atoms with Gasteiger partial charge in [-0.3, -0.25) is 19.2 Å². The first kappa shape index (κ1) is 30.7. The molecule has 0 aliphatic carbocycles. The fourth-order valence-electron chi connectivity index (χ4n) is 2.98. The summed E-state index contributed by atoms with van der Waals surface area (Å²) in [5.41, 5.74) is 11.0. The Bertz CT molecular complexity index is 690. The molecule has 12 heteroatoms. The second-order valence-electron chi connectivity index (χ2n) is 8.52. The van der Waals surface area contributed by atoms with Gasteiger partial charge in [-0.05, 0) is 36.7 Å². The number of nitrogens with one attached hydrogen (secondary N) is 3. The van der Waals surface area contributed by atoms with Gasteiger partial charge in [-0.25, -0.2) is 4.79 Å². The zero-order chi connectivity index (χ0) is 25.7. The molecule has 0 fully saturated rings. The van der Waals surface area contributed by atoms with E-state index in [1.807, 2.05) is 27.0 Å². The number of carboxylic acid groups (broad SMARTS) is 1. The number of rotatable bonds is 16. The molecule has 0 aliphatic heterocycles. The second-order valence-corrected chi connectivity index (χ2v) is 9.51. The van der Waals surface area contributed by atoms with E-state index in [-0.39, 0.29) is 18.3 Å². The van der Waals surface area contributed by atoms with Gasteiger partial charge in [0.15, 0.2) is 0 Å². The summed E-state index contributed by atoms with van der Waals surface area (Å²) >= 11 is 1.56. The molecule has 5 atom stereocenters. The number of carbonyl (C=O) groups is 5. The van der Waals surface area contributed by atoms with Crippen LogP contribution in [0.1, 0.15) is 53.4 Å². The van der Waals surface area contributed by atoms with Gasteiger partial charge in [0.1, 0.15) is 18.1 Å². The van der Waals surface area contributed by atoms with Crippen LogP contribution in [0.2, 0.25) is 0 Å². The lowest BCUT2D eigenvalue weighted by molar-refractivity contribution is -0.144. The van der Waals surface area contributed by atoms with Gasteiger partial charge in [0.25, 0.3) is 0 Å². The molecule has 0 aromatic rings. The summed E-state index contributed by atoms with van der Waals surface area (Å²) in [6, 6.07) is -4.27. The maximum atomic E-state index is 13.1. The molecule has 8 N–H and O–H groups in total. The average Bonchev–Trinajstić information content (AvgIpc) is 2.72. The summed E-state index contributed by atoms with van der Waals surface area (Å²) in [4.78, 5) is 60.8. The first-order chi connectivity index (χ1) is 15.3. The van der Waals surface area contributed by atoms with Crippen molar-refractivity contribution in [2.75, 3.05) is 12.0 Å². The fourth-order valence-corrected chi connectivity index (χ4v) is 3.47. The molecule has 0 heterocycles. The molecule has 190 valence electrons. The lowest BCUT2D eigenvalue weighted by atomic mass is 9.96. The lowest BCUT2D eigenvalue weighted by Gasteiger charge is -2.28. The van der Waals surface area contributed by atoms with Gasteiger partial charge in [0.2, 0.25) is 23.6 Å². The monoisotopic (exact) mass is 489 g/mol. The zero-order valence-electron chi connectivity index (χ0n) is 20.1. The van der Waals surface area contributed by atoms with E-state index in [4.69, 9.17) is 11.5 Å². The SMILES string of the molecule is CCC(C)C(NC(=O)C(N)CCSC)C(=O)NC(CC(C)C)C(=O)NC(CC(N)=O)C(=O)O. The highest BCUT2D eigenvalue weighted by molar-refractivity contribution is 7.98. The molecule has 0 spiro atoms. The molecule has 11 nitrogen and oxygen atoms in total. The summed E-state index contributed by atoms with van der Waals surface area (Å²) in [7, 11) is 0. The van der Waals surface area contributed by atoms with Crippen LogP contribution in [-0.2, 0) is 24.0 Å². The van der Waals surface area contributed by atoms with E-state index in [9.17, 15) is 29.1 Å². The third kappa shape index (κ3) is 11.9. The topological polar surface area (TPSA) is 194 Å². The Kier molecular flexibility index (Phi) is 14.4. The van der Waals surface area contributed by atoms with E-state index in [0.717, 1.165) is 0 Å². The van der Waals surface area contributed by atoms with Crippen LogP contribution < -0.4 is 27.4 Å². The van der Waals surface area contributed by atoms with E-state index >= 15 is 0 Å². The Hall–Kier alpha value is -2.34. The van der Waals surface area contributed by atoms with Crippen molar-refractivity contribution in [3.8, 4) is 0 Å². The molecule has 0 saturated carbocycles. The van der Waals surface area contributed by atoms with Crippen molar-refractivity contribution in [1.29, 1.82) is 0 Å². The van der Waals surface area contributed by atoms with Gasteiger partial charge in [0.05, 0.1) is 12.5 Å². The predicted molar refractivity (Wildman–Crippen MR) is 127 cm³/mol. The molecule has 4 amide bonds. The minimum absolute atomic E-state index is 0.0166. The average molecular weight is 490 g/mol. The van der Waals surface area contributed by atoms with Gasteiger partial charge in [0, 0.05) is 0 Å². The van der Waals surface area contributed by atoms with Crippen molar-refractivity contribution < 1.29 is 29.1 Å². The van der Waals surface area contributed by atoms with Crippen molar-refractivity contribution >= 4 is 41.4 Å². The molecule has 0 rings (SSSR count). The van der Waals surface area contributed by atoms with Gasteiger partial charge in [-0.2, -0.15) is 11.8 Å². The van der Waals surface area contributed by atoms with Crippen LogP contribution in [0.25, 0.3) is 0 Å². The third-order valence-electron chi connectivity index (χ3n) is 5.12. The van der Waals surface area contributed by atoms with Gasteiger partial charge < -0.3 is 32.5 Å². The van der Waals surface area contributed by atoms with Crippen LogP contribution >= 0.6 is 11.8 Å². The molecule has 0 aliphatic rings. The standard InChI is InChI=1S/C21H39N5O6S/c1-6-12(4)17(26-18(28)13(22)7-8-33-5)20(30)24-14(9-11(2)3)19(29)25-15(21(31)32)10-16(23)27/h11-15,17H,6-10,22H2,1-5H3,(H2,23,27)(H,24,30)(H,25,29)(H,26,28)(H,31,32). The Morgan fingerprint density at radius 1 is 0.939 bits per heavy atom. The number of nitrogens with two attached hydrogens (primary N) is 2. The summed E-state index contributed by atoms with van der Waals surface area (Å²) < 4.78 is 0. The number of amides is 4. The van der Waals surface area contributed by atoms with Gasteiger partial charge in [-0.15, -0.1) is 0 Å². The van der Waals surface area contributed by atoms with Crippen molar-refractivity contribution in [1.82, 2.24) is 16.0 Å². The molecule has 0 radical (unpaired) electrons. The highest BCUT2D eigenvalue weighted by Crippen LogP contribution is 2.12. The van der Waals surface area contributed by atoms with Crippen molar-refractivity contribution in [2.45, 2.75) is 77.5 Å². The molecular weight excluding hydrogens is 450 g/mol. The number of carbonyl (C=O) groups excluding carboxylic acids is 4. The maximum Gasteiger partial charge on any atom is 0.326 e. The molecule has 0 saturated heterocycles. The van der Waals surface area contributed by atoms with Crippen LogP contribution in [0, 0.1) is 11.8 Å². The van der Waals surface area contributed by atoms with Crippen LogP contribution in [-0.4, -0.2) is 70.9 Å². The van der Waals surface area contributed by atoms with E-state index in [2.05, 4.69) is 16.0 Å². The van der Waals surface area contributed by atoms with E-state index < -0.39 is 60.2 Å². The lowest BCUT2D eigenvalue weighted by Crippen LogP contribution is -2.59. The Balaban J connectivity index is 5.53. The van der Waals surface area contributed by atoms with E-state index in [0.29, 0.717) is 18.6 Å². The quantitative estimate of drug-likeness (QED) is 0.168. The minimum Gasteiger partial charge on any atom is -0.480 e. The predicted octanol–water partition coefficient (Wildman–Crippen LogP) is -0.427. The van der Waals surface area contributed by atoms with Crippen LogP contribution in [0.4, 0.5) is 0 Å². The van der Waals surface area contributed by atoms with E-state index in [1.165, 1.54) is 0 Å². The van der Waals surface area contributed by atoms with Gasteiger partial charge in [-0.1, -0.05) is 34.1 Å². The largest absolute Gasteiger partial charge is 0.480 e. The molecular formula is C21H39N5O6S. The number of carboxylic acids is 1. The first-order valence-corrected chi connectivity index (χ1v) is 12.4. The number of hydrogen-bond acceptors (Lipinski definition) is 7. The minimum atomic E-state index is -1.51. The van der Waals surface area contributed by atoms with Gasteiger partial charge >= 0.3 is 5.97 Å². The Labute approximate surface area is 199 Å². The molecule has 0 aromatic carbocycles. The van der Waals surface area contributed by atoms with Crippen molar-refractivity contribution in [3.63, 3.8) is 0 Å². The summed E-state index contributed by atoms with van der Waals surface area (Å²) in [5, 5.41) is 16.8. The second kappa shape index (κ2) is 15.5. The van der Waals surface area contributed by atoms with Crippen LogP contribution in [0.3, 0.4) is 0 Å². The number of primary amides is 1. The fraction of sp³-hybridized carbons (Fsp3) is 0.762. The summed E-state index contributed by atoms with van der Waals surface area (Å²) in [6.45, 7) is 7.33. The molecule has 0 bridgehead atoms. The first-order valence-electron chi connectivity index (χ1n) is 11.0. The smallest absolute Gasteiger partial charge is 0.326 e. The summed E-state index contributed by atoms with van der Waals surface area (Å²) in [6.07, 6.45) is 2.58. The molecule has 5 unspecified atom stereocenters. The number of thioether (sulfide) groups is 1. The highest BCUT2D eigenvalue weighted by Gasteiger charge is 2.33.